The largest absolute Gasteiger partial charge is 0.492 e. The Kier molecular flexibility index (Phi) is 16.8. The molecule has 2 heteroatoms. The molecule has 0 atom stereocenters. The average molecular weight is 575 g/mol. The first-order chi connectivity index (χ1) is 20.7. The molecular formula is C40H62O2. The molecule has 0 fully saturated rings. The van der Waals surface area contributed by atoms with Crippen LogP contribution in [0.15, 0.2) is 36.4 Å². The van der Waals surface area contributed by atoms with E-state index >= 15 is 0 Å². The van der Waals surface area contributed by atoms with Crippen molar-refractivity contribution in [1.29, 1.82) is 0 Å². The van der Waals surface area contributed by atoms with Crippen LogP contribution in [0.5, 0.6) is 11.5 Å². The van der Waals surface area contributed by atoms with Crippen LogP contribution in [-0.2, 0) is 12.8 Å². The molecule has 0 aromatic heterocycles. The van der Waals surface area contributed by atoms with Crippen molar-refractivity contribution in [1.82, 2.24) is 0 Å². The summed E-state index contributed by atoms with van der Waals surface area (Å²) < 4.78 is 13.5. The summed E-state index contributed by atoms with van der Waals surface area (Å²) in [4.78, 5) is 0. The van der Waals surface area contributed by atoms with E-state index in [-0.39, 0.29) is 0 Å². The standard InChI is InChI=1S/C40H62O2/c1-5-9-13-15-17-23-29-41-39-35-27-21-22-28-36(35)40(42-30-24-18-16-14-10-6-2)38-32-34(26-20-12-8-4)33(31-37(38)39)25-19-11-7-3/h21-22,27-28,31-32H,5-20,23-26,29-30H2,1-4H3. The summed E-state index contributed by atoms with van der Waals surface area (Å²) in [7, 11) is 0. The highest BCUT2D eigenvalue weighted by molar-refractivity contribution is 6.11. The Bertz CT molecular complexity index is 1060. The molecule has 0 saturated carbocycles. The van der Waals surface area contributed by atoms with E-state index in [0.717, 1.165) is 50.4 Å². The number of hydrogen-bond donors (Lipinski definition) is 0. The lowest BCUT2D eigenvalue weighted by Crippen LogP contribution is -2.04. The maximum atomic E-state index is 6.74. The lowest BCUT2D eigenvalue weighted by atomic mass is 9.91. The highest BCUT2D eigenvalue weighted by Crippen LogP contribution is 2.44. The van der Waals surface area contributed by atoms with E-state index in [4.69, 9.17) is 9.47 Å². The quantitative estimate of drug-likeness (QED) is 0.0782. The SMILES string of the molecule is CCCCCCCCOc1c2ccccc2c(OCCCCCCCC)c2cc(CCCCC)c(CCCCC)cc12. The molecule has 0 heterocycles. The molecule has 234 valence electrons. The third-order valence-electron chi connectivity index (χ3n) is 8.83. The van der Waals surface area contributed by atoms with Gasteiger partial charge in [0.2, 0.25) is 0 Å². The fourth-order valence-electron chi connectivity index (χ4n) is 6.25. The molecular weight excluding hydrogens is 512 g/mol. The molecule has 0 saturated heterocycles. The van der Waals surface area contributed by atoms with E-state index in [9.17, 15) is 0 Å². The molecule has 0 amide bonds. The minimum absolute atomic E-state index is 0.784. The molecule has 2 nitrogen and oxygen atoms in total. The first-order valence-corrected chi connectivity index (χ1v) is 18.0. The van der Waals surface area contributed by atoms with E-state index in [1.165, 1.54) is 135 Å². The molecule has 0 N–H and O–H groups in total. The van der Waals surface area contributed by atoms with Gasteiger partial charge in [-0.05, 0) is 61.8 Å². The normalized spacial score (nSPS) is 11.5. The first kappa shape index (κ1) is 34.3. The summed E-state index contributed by atoms with van der Waals surface area (Å²) in [5.74, 6) is 2.14. The van der Waals surface area contributed by atoms with Gasteiger partial charge in [-0.3, -0.25) is 0 Å². The fourth-order valence-corrected chi connectivity index (χ4v) is 6.25. The molecule has 0 aliphatic rings. The smallest absolute Gasteiger partial charge is 0.135 e. The highest BCUT2D eigenvalue weighted by Gasteiger charge is 2.19. The molecule has 3 rings (SSSR count). The van der Waals surface area contributed by atoms with E-state index in [1.54, 1.807) is 0 Å². The lowest BCUT2D eigenvalue weighted by Gasteiger charge is -2.20. The zero-order valence-electron chi connectivity index (χ0n) is 27.8. The molecule has 0 bridgehead atoms. The van der Waals surface area contributed by atoms with Crippen LogP contribution in [0.2, 0.25) is 0 Å². The van der Waals surface area contributed by atoms with Crippen molar-refractivity contribution in [3.63, 3.8) is 0 Å². The fraction of sp³-hybridized carbons (Fsp3) is 0.650. The van der Waals surface area contributed by atoms with Crippen molar-refractivity contribution in [3.8, 4) is 11.5 Å². The van der Waals surface area contributed by atoms with Gasteiger partial charge >= 0.3 is 0 Å². The average Bonchev–Trinajstić information content (AvgIpc) is 3.01. The zero-order chi connectivity index (χ0) is 29.8. The van der Waals surface area contributed by atoms with Crippen LogP contribution in [0.4, 0.5) is 0 Å². The topological polar surface area (TPSA) is 18.5 Å². The van der Waals surface area contributed by atoms with Gasteiger partial charge in [0.25, 0.3) is 0 Å². The number of fused-ring (bicyclic) bond motifs is 2. The summed E-state index contributed by atoms with van der Waals surface area (Å²) >= 11 is 0. The third-order valence-corrected chi connectivity index (χ3v) is 8.83. The number of hydrogen-bond acceptors (Lipinski definition) is 2. The van der Waals surface area contributed by atoms with E-state index in [2.05, 4.69) is 64.1 Å². The van der Waals surface area contributed by atoms with Crippen LogP contribution in [0.25, 0.3) is 21.5 Å². The van der Waals surface area contributed by atoms with Crippen LogP contribution in [-0.4, -0.2) is 13.2 Å². The molecule has 0 aliphatic carbocycles. The van der Waals surface area contributed by atoms with Gasteiger partial charge in [-0.15, -0.1) is 0 Å². The first-order valence-electron chi connectivity index (χ1n) is 18.0. The Balaban J connectivity index is 1.98. The zero-order valence-corrected chi connectivity index (χ0v) is 27.8. The summed E-state index contributed by atoms with van der Waals surface area (Å²) in [6.07, 6.45) is 25.2. The van der Waals surface area contributed by atoms with Gasteiger partial charge in [-0.1, -0.05) is 142 Å². The lowest BCUT2D eigenvalue weighted by molar-refractivity contribution is 0.306. The number of ether oxygens (including phenoxy) is 2. The van der Waals surface area contributed by atoms with Gasteiger partial charge in [0.1, 0.15) is 11.5 Å². The number of unbranched alkanes of at least 4 members (excludes halogenated alkanes) is 14. The molecule has 0 spiro atoms. The molecule has 42 heavy (non-hydrogen) atoms. The maximum Gasteiger partial charge on any atom is 0.135 e. The number of benzene rings is 3. The highest BCUT2D eigenvalue weighted by atomic mass is 16.5. The summed E-state index contributed by atoms with van der Waals surface area (Å²) in [5, 5.41) is 4.91. The van der Waals surface area contributed by atoms with Crippen molar-refractivity contribution in [2.24, 2.45) is 0 Å². The second kappa shape index (κ2) is 20.6. The third kappa shape index (κ3) is 10.8. The number of rotatable bonds is 24. The second-order valence-electron chi connectivity index (χ2n) is 12.5. The molecule has 0 radical (unpaired) electrons. The van der Waals surface area contributed by atoms with Gasteiger partial charge in [0.05, 0.1) is 13.2 Å². The predicted molar refractivity (Wildman–Crippen MR) is 186 cm³/mol. The Hall–Kier alpha value is -2.22. The van der Waals surface area contributed by atoms with Gasteiger partial charge in [0, 0.05) is 21.5 Å². The Morgan fingerprint density at radius 3 is 1.17 bits per heavy atom. The molecule has 3 aromatic carbocycles. The number of aryl methyl sites for hydroxylation is 2. The summed E-state index contributed by atoms with van der Waals surface area (Å²) in [6.45, 7) is 10.7. The summed E-state index contributed by atoms with van der Waals surface area (Å²) in [6, 6.07) is 13.8. The molecule has 0 unspecified atom stereocenters. The minimum atomic E-state index is 0.784. The van der Waals surface area contributed by atoms with Gasteiger partial charge in [0.15, 0.2) is 0 Å². The van der Waals surface area contributed by atoms with Crippen LogP contribution in [0.1, 0.15) is 154 Å². The van der Waals surface area contributed by atoms with Crippen LogP contribution < -0.4 is 9.47 Å². The van der Waals surface area contributed by atoms with E-state index in [1.807, 2.05) is 0 Å². The van der Waals surface area contributed by atoms with E-state index < -0.39 is 0 Å². The Labute approximate surface area is 259 Å². The predicted octanol–water partition coefficient (Wildman–Crippen LogP) is 12.9. The van der Waals surface area contributed by atoms with Gasteiger partial charge in [-0.25, -0.2) is 0 Å². The van der Waals surface area contributed by atoms with Crippen molar-refractivity contribution in [2.45, 2.75) is 156 Å². The Morgan fingerprint density at radius 1 is 0.405 bits per heavy atom. The summed E-state index contributed by atoms with van der Waals surface area (Å²) in [5.41, 5.74) is 3.04. The van der Waals surface area contributed by atoms with Crippen molar-refractivity contribution < 1.29 is 9.47 Å². The van der Waals surface area contributed by atoms with Crippen molar-refractivity contribution in [2.75, 3.05) is 13.2 Å². The van der Waals surface area contributed by atoms with Crippen molar-refractivity contribution >= 4 is 21.5 Å². The minimum Gasteiger partial charge on any atom is -0.492 e. The van der Waals surface area contributed by atoms with Gasteiger partial charge in [-0.2, -0.15) is 0 Å². The Morgan fingerprint density at radius 2 is 0.762 bits per heavy atom. The van der Waals surface area contributed by atoms with Crippen LogP contribution in [0.3, 0.4) is 0 Å². The monoisotopic (exact) mass is 574 g/mol. The molecule has 3 aromatic rings. The van der Waals surface area contributed by atoms with Crippen molar-refractivity contribution in [3.05, 3.63) is 47.5 Å². The van der Waals surface area contributed by atoms with E-state index in [0.29, 0.717) is 0 Å². The van der Waals surface area contributed by atoms with Crippen LogP contribution >= 0.6 is 0 Å². The molecule has 0 aliphatic heterocycles. The maximum absolute atomic E-state index is 6.74. The van der Waals surface area contributed by atoms with Crippen LogP contribution in [0, 0.1) is 0 Å². The second-order valence-corrected chi connectivity index (χ2v) is 12.5. The van der Waals surface area contributed by atoms with Gasteiger partial charge < -0.3 is 9.47 Å².